The molecule has 0 spiro atoms. The number of piperidine rings is 2. The molecule has 0 aromatic heterocycles. The number of likely N-dealkylation sites (tertiary alicyclic amines) is 2. The Morgan fingerprint density at radius 3 is 0.818 bits per heavy atom. The number of esters is 4. The van der Waals surface area contributed by atoms with E-state index in [2.05, 4.69) is 131 Å². The van der Waals surface area contributed by atoms with Crippen LogP contribution in [0, 0.1) is 0 Å². The fraction of sp³-hybridized carbons (Fsp3) is 0.816. The van der Waals surface area contributed by atoms with Crippen molar-refractivity contribution in [3.05, 3.63) is 59.7 Å². The van der Waals surface area contributed by atoms with Crippen LogP contribution in [0.3, 0.4) is 0 Å². The molecule has 0 aliphatic carbocycles. The normalized spacial score (nSPS) is 17.0. The molecule has 0 saturated carbocycles. The summed E-state index contributed by atoms with van der Waals surface area (Å²) in [6.07, 6.45) is 46.1. The Balaban J connectivity index is 1.41. The van der Waals surface area contributed by atoms with Crippen LogP contribution in [0.1, 0.15) is 391 Å². The van der Waals surface area contributed by atoms with Gasteiger partial charge in [-0.15, -0.1) is 0 Å². The average Bonchev–Trinajstić information content (AvgIpc) is 0.780. The molecule has 2 heterocycles. The molecule has 2 fully saturated rings. The van der Waals surface area contributed by atoms with Crippen molar-refractivity contribution in [2.75, 3.05) is 26.3 Å². The standard InChI is InChI=1S/C87H150N2O10/c1-15-19-23-27-31-35-39-43-47-51-79(90)96-75-63-83(5,6)88(84(7,8)64-75)67-77(98-81(92)53-49-45-41-37-33-29-25-21-17-3)69-94-73-59-55-71(56-60-73)87(13,14)72-57-61-74(62-58-72)95-70-78(99-82(93)54-50-46-42-38-34-30-26-22-18-4)68-89-85(9,10)65-76(66-86(89,11)12)97-80(91)52-48-44-40-36-32-28-24-20-16-2/h55-62,75-78H,15-54,63-70H2,1-14H3. The lowest BCUT2D eigenvalue weighted by Gasteiger charge is -2.55. The molecule has 0 bridgehead atoms. The number of ether oxygens (including phenoxy) is 6. The van der Waals surface area contributed by atoms with Crippen LogP contribution in [0.25, 0.3) is 0 Å². The molecule has 2 aliphatic rings. The Labute approximate surface area is 607 Å². The summed E-state index contributed by atoms with van der Waals surface area (Å²) >= 11 is 0. The third-order valence-corrected chi connectivity index (χ3v) is 21.8. The summed E-state index contributed by atoms with van der Waals surface area (Å²) in [6.45, 7) is 32.7. The first-order valence-corrected chi connectivity index (χ1v) is 41.2. The van der Waals surface area contributed by atoms with Gasteiger partial charge in [0.15, 0.2) is 0 Å². The Hall–Kier alpha value is -4.16. The summed E-state index contributed by atoms with van der Waals surface area (Å²) in [4.78, 5) is 58.8. The van der Waals surface area contributed by atoms with Crippen molar-refractivity contribution in [2.45, 2.75) is 431 Å². The molecule has 0 radical (unpaired) electrons. The summed E-state index contributed by atoms with van der Waals surface area (Å²) in [5.41, 5.74) is 0.508. The second kappa shape index (κ2) is 48.0. The predicted octanol–water partition coefficient (Wildman–Crippen LogP) is 23.4. The lowest BCUT2D eigenvalue weighted by molar-refractivity contribution is -0.168. The molecule has 99 heavy (non-hydrogen) atoms. The van der Waals surface area contributed by atoms with Crippen molar-refractivity contribution in [3.8, 4) is 11.5 Å². The Kier molecular flexibility index (Phi) is 42.3. The van der Waals surface area contributed by atoms with E-state index in [9.17, 15) is 19.2 Å². The summed E-state index contributed by atoms with van der Waals surface area (Å²) in [7, 11) is 0. The monoisotopic (exact) mass is 1380 g/mol. The first-order valence-electron chi connectivity index (χ1n) is 41.2. The maximum Gasteiger partial charge on any atom is 0.306 e. The van der Waals surface area contributed by atoms with Crippen LogP contribution in [0.4, 0.5) is 0 Å². The molecule has 0 N–H and O–H groups in total. The highest BCUT2D eigenvalue weighted by Gasteiger charge is 2.49. The molecule has 2 aromatic rings. The van der Waals surface area contributed by atoms with E-state index in [0.717, 1.165) is 75.3 Å². The number of benzene rings is 2. The van der Waals surface area contributed by atoms with Crippen LogP contribution in [0.5, 0.6) is 11.5 Å². The summed E-state index contributed by atoms with van der Waals surface area (Å²) in [6, 6.07) is 16.6. The van der Waals surface area contributed by atoms with E-state index in [4.69, 9.17) is 28.4 Å². The molecular weight excluding hydrogens is 1230 g/mol. The minimum absolute atomic E-state index is 0.0913. The molecule has 2 atom stereocenters. The van der Waals surface area contributed by atoms with Crippen molar-refractivity contribution in [3.63, 3.8) is 0 Å². The predicted molar refractivity (Wildman–Crippen MR) is 411 cm³/mol. The second-order valence-electron chi connectivity index (χ2n) is 33.3. The zero-order valence-electron chi connectivity index (χ0n) is 66.3. The second-order valence-corrected chi connectivity index (χ2v) is 33.3. The van der Waals surface area contributed by atoms with E-state index in [1.807, 2.05) is 24.3 Å². The number of rotatable bonds is 56. The van der Waals surface area contributed by atoms with Crippen LogP contribution >= 0.6 is 0 Å². The molecule has 12 nitrogen and oxygen atoms in total. The van der Waals surface area contributed by atoms with Gasteiger partial charge in [0, 0.05) is 92.0 Å². The summed E-state index contributed by atoms with van der Waals surface area (Å²) in [5.74, 6) is 0.865. The van der Waals surface area contributed by atoms with Gasteiger partial charge in [-0.1, -0.05) is 271 Å². The number of hydrogen-bond acceptors (Lipinski definition) is 12. The van der Waals surface area contributed by atoms with Gasteiger partial charge >= 0.3 is 23.9 Å². The molecule has 2 unspecified atom stereocenters. The fourth-order valence-electron chi connectivity index (χ4n) is 16.0. The van der Waals surface area contributed by atoms with Gasteiger partial charge in [0.2, 0.25) is 0 Å². The smallest absolute Gasteiger partial charge is 0.306 e. The number of hydrogen-bond donors (Lipinski definition) is 0. The minimum Gasteiger partial charge on any atom is -0.490 e. The Morgan fingerprint density at radius 1 is 0.354 bits per heavy atom. The molecule has 2 aliphatic heterocycles. The van der Waals surface area contributed by atoms with Crippen molar-refractivity contribution < 1.29 is 47.6 Å². The van der Waals surface area contributed by atoms with Crippen LogP contribution in [0.2, 0.25) is 0 Å². The van der Waals surface area contributed by atoms with Crippen molar-refractivity contribution in [1.29, 1.82) is 0 Å². The molecule has 568 valence electrons. The van der Waals surface area contributed by atoms with Gasteiger partial charge < -0.3 is 28.4 Å². The van der Waals surface area contributed by atoms with Gasteiger partial charge in [0.25, 0.3) is 0 Å². The van der Waals surface area contributed by atoms with E-state index in [-0.39, 0.29) is 76.9 Å². The van der Waals surface area contributed by atoms with Gasteiger partial charge in [-0.25, -0.2) is 0 Å². The third-order valence-electron chi connectivity index (χ3n) is 21.8. The highest BCUT2D eigenvalue weighted by Crippen LogP contribution is 2.42. The molecule has 2 saturated heterocycles. The quantitative estimate of drug-likeness (QED) is 0.0355. The van der Waals surface area contributed by atoms with E-state index < -0.39 is 12.2 Å². The highest BCUT2D eigenvalue weighted by atomic mass is 16.6. The van der Waals surface area contributed by atoms with Crippen LogP contribution < -0.4 is 9.47 Å². The number of carbonyl (C=O) groups is 4. The van der Waals surface area contributed by atoms with Crippen molar-refractivity contribution in [2.24, 2.45) is 0 Å². The molecule has 12 heteroatoms. The lowest BCUT2D eigenvalue weighted by atomic mass is 9.77. The summed E-state index contributed by atoms with van der Waals surface area (Å²) < 4.78 is 38.4. The van der Waals surface area contributed by atoms with Gasteiger partial charge in [-0.3, -0.25) is 29.0 Å². The maximum absolute atomic E-state index is 13.7. The topological polar surface area (TPSA) is 130 Å². The van der Waals surface area contributed by atoms with E-state index in [1.54, 1.807) is 0 Å². The molecule has 0 amide bonds. The van der Waals surface area contributed by atoms with Gasteiger partial charge in [0.1, 0.15) is 49.1 Å². The van der Waals surface area contributed by atoms with Crippen LogP contribution in [0.15, 0.2) is 48.5 Å². The van der Waals surface area contributed by atoms with Gasteiger partial charge in [-0.05, 0) is 116 Å². The van der Waals surface area contributed by atoms with Crippen molar-refractivity contribution >= 4 is 23.9 Å². The van der Waals surface area contributed by atoms with Crippen molar-refractivity contribution in [1.82, 2.24) is 9.80 Å². The Bertz CT molecular complexity index is 2260. The number of nitrogens with zero attached hydrogens (tertiary/aromatic N) is 2. The van der Waals surface area contributed by atoms with Gasteiger partial charge in [0.05, 0.1) is 0 Å². The zero-order valence-corrected chi connectivity index (χ0v) is 66.3. The largest absolute Gasteiger partial charge is 0.490 e. The maximum atomic E-state index is 13.7. The fourth-order valence-corrected chi connectivity index (χ4v) is 16.0. The summed E-state index contributed by atoms with van der Waals surface area (Å²) in [5, 5.41) is 0. The van der Waals surface area contributed by atoms with Crippen LogP contribution in [-0.2, 0) is 43.5 Å². The average molecular weight is 1380 g/mol. The lowest BCUT2D eigenvalue weighted by Crippen LogP contribution is -2.64. The molecular formula is C87H150N2O10. The van der Waals surface area contributed by atoms with Crippen LogP contribution in [-0.4, -0.2) is 107 Å². The molecule has 4 rings (SSSR count). The SMILES string of the molecule is CCCCCCCCCCCC(=O)OC(COc1ccc(C(C)(C)c2ccc(OCC(CN3C(C)(C)CC(OC(=O)CCCCCCCCCCC)CC3(C)C)OC(=O)CCCCCCCCCCC)cc2)cc1)CN1C(C)(C)CC(OC(=O)CCCCCCCCCCC)CC1(C)C. The number of carbonyl (C=O) groups excluding carboxylic acids is 4. The first kappa shape index (κ1) is 87.2. The molecule has 2 aromatic carbocycles. The van der Waals surface area contributed by atoms with E-state index in [0.29, 0.717) is 76.0 Å². The number of unbranched alkanes of at least 4 members (excludes halogenated alkanes) is 32. The van der Waals surface area contributed by atoms with E-state index >= 15 is 0 Å². The Morgan fingerprint density at radius 2 is 0.576 bits per heavy atom. The van der Waals surface area contributed by atoms with E-state index in [1.165, 1.54) is 167 Å². The minimum atomic E-state index is -0.516. The van der Waals surface area contributed by atoms with Gasteiger partial charge in [-0.2, -0.15) is 0 Å². The zero-order chi connectivity index (χ0) is 72.4. The third kappa shape index (κ3) is 35.3. The first-order chi connectivity index (χ1) is 47.3. The highest BCUT2D eigenvalue weighted by molar-refractivity contribution is 5.70.